The highest BCUT2D eigenvalue weighted by Crippen LogP contribution is 2.33. The van der Waals surface area contributed by atoms with Gasteiger partial charge in [0.1, 0.15) is 0 Å². The summed E-state index contributed by atoms with van der Waals surface area (Å²) in [4.78, 5) is 19.1. The Labute approximate surface area is 126 Å². The van der Waals surface area contributed by atoms with Crippen molar-refractivity contribution < 1.29 is 0 Å². The van der Waals surface area contributed by atoms with Crippen LogP contribution in [0, 0.1) is 4.91 Å². The van der Waals surface area contributed by atoms with E-state index in [0.717, 1.165) is 0 Å². The number of halogens is 1. The van der Waals surface area contributed by atoms with E-state index in [0.29, 0.717) is 16.5 Å². The Morgan fingerprint density at radius 1 is 1.19 bits per heavy atom. The van der Waals surface area contributed by atoms with Gasteiger partial charge < -0.3 is 16.4 Å². The largest absolute Gasteiger partial charge is 0.368 e. The average Bonchev–Trinajstić information content (AvgIpc) is 2.40. The van der Waals surface area contributed by atoms with Crippen LogP contribution in [0.2, 0.25) is 5.02 Å². The first kappa shape index (κ1) is 15.0. The van der Waals surface area contributed by atoms with Gasteiger partial charge in [0.05, 0.1) is 0 Å². The summed E-state index contributed by atoms with van der Waals surface area (Å²) in [5, 5.41) is 9.60. The predicted octanol–water partition coefficient (Wildman–Crippen LogP) is 3.67. The van der Waals surface area contributed by atoms with Gasteiger partial charge in [-0.3, -0.25) is 0 Å². The molecule has 0 amide bonds. The molecule has 0 aliphatic carbocycles. The van der Waals surface area contributed by atoms with Crippen molar-refractivity contribution in [3.05, 3.63) is 34.2 Å². The van der Waals surface area contributed by atoms with Gasteiger partial charge in [0.2, 0.25) is 5.95 Å². The van der Waals surface area contributed by atoms with E-state index in [1.54, 1.807) is 24.3 Å². The molecule has 0 aliphatic rings. The second kappa shape index (κ2) is 6.36. The van der Waals surface area contributed by atoms with Gasteiger partial charge in [0.25, 0.3) is 0 Å². The third-order valence-corrected chi connectivity index (χ3v) is 2.78. The molecular formula is C13H15ClN6O. The van der Waals surface area contributed by atoms with Crippen LogP contribution in [0.1, 0.15) is 13.8 Å². The Bertz CT molecular complexity index is 644. The first-order valence-electron chi connectivity index (χ1n) is 6.29. The van der Waals surface area contributed by atoms with E-state index < -0.39 is 0 Å². The normalized spacial score (nSPS) is 10.5. The number of nitrogens with zero attached hydrogens (tertiary/aromatic N) is 3. The number of anilines is 4. The third kappa shape index (κ3) is 3.79. The minimum Gasteiger partial charge on any atom is -0.368 e. The first-order valence-corrected chi connectivity index (χ1v) is 6.67. The molecule has 0 unspecified atom stereocenters. The number of nitroso groups, excluding NO2 is 1. The predicted molar refractivity (Wildman–Crippen MR) is 85.4 cm³/mol. The minimum absolute atomic E-state index is 0.0435. The molecule has 0 spiro atoms. The lowest BCUT2D eigenvalue weighted by atomic mass is 10.3. The second-order valence-corrected chi connectivity index (χ2v) is 5.09. The lowest BCUT2D eigenvalue weighted by Crippen LogP contribution is -2.13. The van der Waals surface area contributed by atoms with Crippen molar-refractivity contribution in [1.29, 1.82) is 0 Å². The molecular weight excluding hydrogens is 292 g/mol. The number of nitrogen functional groups attached to an aromatic ring is 1. The van der Waals surface area contributed by atoms with Gasteiger partial charge in [-0.1, -0.05) is 11.6 Å². The molecule has 7 nitrogen and oxygen atoms in total. The molecule has 0 aliphatic heterocycles. The van der Waals surface area contributed by atoms with Crippen LogP contribution in [0.4, 0.5) is 29.0 Å². The van der Waals surface area contributed by atoms with E-state index >= 15 is 0 Å². The number of rotatable bonds is 5. The van der Waals surface area contributed by atoms with Crippen molar-refractivity contribution in [2.24, 2.45) is 5.18 Å². The number of nitrogens with two attached hydrogens (primary N) is 1. The molecule has 0 saturated heterocycles. The van der Waals surface area contributed by atoms with Gasteiger partial charge in [0.15, 0.2) is 17.3 Å². The van der Waals surface area contributed by atoms with Crippen LogP contribution in [-0.4, -0.2) is 16.0 Å². The summed E-state index contributed by atoms with van der Waals surface area (Å²) in [7, 11) is 0. The number of benzene rings is 1. The van der Waals surface area contributed by atoms with Gasteiger partial charge in [-0.2, -0.15) is 9.97 Å². The van der Waals surface area contributed by atoms with Crippen LogP contribution >= 0.6 is 11.6 Å². The summed E-state index contributed by atoms with van der Waals surface area (Å²) in [6.07, 6.45) is 0. The molecule has 1 aromatic heterocycles. The smallest absolute Gasteiger partial charge is 0.224 e. The van der Waals surface area contributed by atoms with Crippen molar-refractivity contribution in [3.8, 4) is 0 Å². The summed E-state index contributed by atoms with van der Waals surface area (Å²) in [5.41, 5.74) is 6.45. The molecule has 0 radical (unpaired) electrons. The molecule has 0 saturated carbocycles. The number of aromatic nitrogens is 2. The maximum Gasteiger partial charge on any atom is 0.224 e. The van der Waals surface area contributed by atoms with Gasteiger partial charge >= 0.3 is 0 Å². The SMILES string of the molecule is CC(C)Nc1nc(N)nc(Nc2ccc(Cl)cc2)c1N=O. The fourth-order valence-corrected chi connectivity index (χ4v) is 1.82. The third-order valence-electron chi connectivity index (χ3n) is 2.52. The zero-order valence-corrected chi connectivity index (χ0v) is 12.3. The Hall–Kier alpha value is -2.41. The number of nitrogens with one attached hydrogen (secondary N) is 2. The monoisotopic (exact) mass is 306 g/mol. The molecule has 2 aromatic rings. The van der Waals surface area contributed by atoms with Crippen molar-refractivity contribution in [2.75, 3.05) is 16.4 Å². The standard InChI is InChI=1S/C13H15ClN6O/c1-7(2)16-11-10(20-21)12(19-13(15)18-11)17-9-5-3-8(14)4-6-9/h3-7H,1-2H3,(H4,15,16,17,18,19). The van der Waals surface area contributed by atoms with Gasteiger partial charge in [0, 0.05) is 16.8 Å². The summed E-state index contributed by atoms with van der Waals surface area (Å²) in [6, 6.07) is 7.02. The summed E-state index contributed by atoms with van der Waals surface area (Å²) < 4.78 is 0. The molecule has 4 N–H and O–H groups in total. The van der Waals surface area contributed by atoms with Crippen LogP contribution in [0.15, 0.2) is 29.4 Å². The lowest BCUT2D eigenvalue weighted by molar-refractivity contribution is 0.887. The molecule has 0 fully saturated rings. The Balaban J connectivity index is 2.39. The van der Waals surface area contributed by atoms with E-state index in [1.807, 2.05) is 13.8 Å². The summed E-state index contributed by atoms with van der Waals surface area (Å²) in [5.74, 6) is 0.578. The fourth-order valence-electron chi connectivity index (χ4n) is 1.69. The summed E-state index contributed by atoms with van der Waals surface area (Å²) in [6.45, 7) is 3.83. The number of hydrogen-bond acceptors (Lipinski definition) is 7. The van der Waals surface area contributed by atoms with Crippen molar-refractivity contribution in [3.63, 3.8) is 0 Å². The maximum atomic E-state index is 11.1. The lowest BCUT2D eigenvalue weighted by Gasteiger charge is -2.14. The minimum atomic E-state index is 0.0435. The van der Waals surface area contributed by atoms with E-state index in [9.17, 15) is 4.91 Å². The van der Waals surface area contributed by atoms with Crippen molar-refractivity contribution >= 4 is 40.6 Å². The average molecular weight is 307 g/mol. The molecule has 21 heavy (non-hydrogen) atoms. The van der Waals surface area contributed by atoms with Crippen molar-refractivity contribution in [2.45, 2.75) is 19.9 Å². The maximum absolute atomic E-state index is 11.1. The van der Waals surface area contributed by atoms with Crippen LogP contribution < -0.4 is 16.4 Å². The van der Waals surface area contributed by atoms with E-state index in [-0.39, 0.29) is 23.5 Å². The molecule has 110 valence electrons. The van der Waals surface area contributed by atoms with Crippen LogP contribution in [0.3, 0.4) is 0 Å². The van der Waals surface area contributed by atoms with E-state index in [1.165, 1.54) is 0 Å². The molecule has 0 bridgehead atoms. The molecule has 8 heteroatoms. The fraction of sp³-hybridized carbons (Fsp3) is 0.231. The second-order valence-electron chi connectivity index (χ2n) is 4.65. The highest BCUT2D eigenvalue weighted by Gasteiger charge is 2.15. The molecule has 2 rings (SSSR count). The zero-order valence-electron chi connectivity index (χ0n) is 11.6. The topological polar surface area (TPSA) is 105 Å². The zero-order chi connectivity index (χ0) is 15.4. The van der Waals surface area contributed by atoms with Crippen LogP contribution in [-0.2, 0) is 0 Å². The van der Waals surface area contributed by atoms with Crippen molar-refractivity contribution in [1.82, 2.24) is 9.97 Å². The molecule has 1 heterocycles. The molecule has 1 aromatic carbocycles. The Kier molecular flexibility index (Phi) is 4.54. The van der Waals surface area contributed by atoms with Crippen LogP contribution in [0.25, 0.3) is 0 Å². The highest BCUT2D eigenvalue weighted by molar-refractivity contribution is 6.30. The molecule has 0 atom stereocenters. The Morgan fingerprint density at radius 3 is 2.38 bits per heavy atom. The quantitative estimate of drug-likeness (QED) is 0.728. The van der Waals surface area contributed by atoms with Gasteiger partial charge in [-0.25, -0.2) is 0 Å². The summed E-state index contributed by atoms with van der Waals surface area (Å²) >= 11 is 5.83. The van der Waals surface area contributed by atoms with E-state index in [4.69, 9.17) is 17.3 Å². The first-order chi connectivity index (χ1) is 9.99. The van der Waals surface area contributed by atoms with Gasteiger partial charge in [-0.05, 0) is 43.3 Å². The Morgan fingerprint density at radius 2 is 1.81 bits per heavy atom. The van der Waals surface area contributed by atoms with E-state index in [2.05, 4.69) is 25.8 Å². The van der Waals surface area contributed by atoms with Crippen LogP contribution in [0.5, 0.6) is 0 Å². The van der Waals surface area contributed by atoms with Gasteiger partial charge in [-0.15, -0.1) is 4.91 Å². The number of hydrogen-bond donors (Lipinski definition) is 3. The highest BCUT2D eigenvalue weighted by atomic mass is 35.5.